The Balaban J connectivity index is 1.99. The molecule has 1 aromatic carbocycles. The summed E-state index contributed by atoms with van der Waals surface area (Å²) in [6.07, 6.45) is 4.15. The van der Waals surface area contributed by atoms with Crippen LogP contribution in [0.3, 0.4) is 0 Å². The van der Waals surface area contributed by atoms with Crippen molar-refractivity contribution in [2.75, 3.05) is 6.54 Å². The lowest BCUT2D eigenvalue weighted by atomic mass is 10.1. The Morgan fingerprint density at radius 1 is 1.33 bits per heavy atom. The standard InChI is InChI=1S/C15H22BrNO/c1-3-11(2)18-15(10-17-14-8-9-14)12-4-6-13(16)7-5-12/h4-7,11,14-15,17H,3,8-10H2,1-2H3. The van der Waals surface area contributed by atoms with E-state index in [1.165, 1.54) is 18.4 Å². The monoisotopic (exact) mass is 311 g/mol. The van der Waals surface area contributed by atoms with E-state index in [0.29, 0.717) is 6.10 Å². The minimum absolute atomic E-state index is 0.161. The highest BCUT2D eigenvalue weighted by Crippen LogP contribution is 2.24. The van der Waals surface area contributed by atoms with Crippen LogP contribution in [0.4, 0.5) is 0 Å². The highest BCUT2D eigenvalue weighted by molar-refractivity contribution is 9.10. The van der Waals surface area contributed by atoms with Crippen molar-refractivity contribution in [3.63, 3.8) is 0 Å². The molecule has 0 spiro atoms. The van der Waals surface area contributed by atoms with Crippen molar-refractivity contribution in [3.8, 4) is 0 Å². The van der Waals surface area contributed by atoms with Gasteiger partial charge >= 0.3 is 0 Å². The first-order valence-electron chi connectivity index (χ1n) is 6.83. The van der Waals surface area contributed by atoms with Crippen molar-refractivity contribution < 1.29 is 4.74 Å². The second-order valence-corrected chi connectivity index (χ2v) is 5.99. The molecule has 0 amide bonds. The first-order chi connectivity index (χ1) is 8.69. The maximum absolute atomic E-state index is 6.13. The van der Waals surface area contributed by atoms with E-state index in [9.17, 15) is 0 Å². The van der Waals surface area contributed by atoms with Gasteiger partial charge in [0.25, 0.3) is 0 Å². The normalized spacial score (nSPS) is 18.6. The van der Waals surface area contributed by atoms with Crippen LogP contribution in [0.2, 0.25) is 0 Å². The van der Waals surface area contributed by atoms with Crippen LogP contribution < -0.4 is 5.32 Å². The van der Waals surface area contributed by atoms with Crippen LogP contribution in [0.5, 0.6) is 0 Å². The molecule has 2 unspecified atom stereocenters. The molecule has 0 aliphatic heterocycles. The van der Waals surface area contributed by atoms with Crippen molar-refractivity contribution in [1.29, 1.82) is 0 Å². The van der Waals surface area contributed by atoms with Crippen molar-refractivity contribution >= 4 is 15.9 Å². The van der Waals surface area contributed by atoms with Gasteiger partial charge in [-0.1, -0.05) is 35.0 Å². The smallest absolute Gasteiger partial charge is 0.0952 e. The fourth-order valence-corrected chi connectivity index (χ4v) is 2.12. The highest BCUT2D eigenvalue weighted by atomic mass is 79.9. The molecular formula is C15H22BrNO. The minimum atomic E-state index is 0.161. The molecule has 2 rings (SSSR count). The molecule has 1 aliphatic rings. The molecule has 100 valence electrons. The molecule has 2 nitrogen and oxygen atoms in total. The summed E-state index contributed by atoms with van der Waals surface area (Å²) in [4.78, 5) is 0. The summed E-state index contributed by atoms with van der Waals surface area (Å²) in [5.41, 5.74) is 1.26. The Bertz CT molecular complexity index is 361. The summed E-state index contributed by atoms with van der Waals surface area (Å²) >= 11 is 3.47. The summed E-state index contributed by atoms with van der Waals surface area (Å²) in [6, 6.07) is 9.18. The van der Waals surface area contributed by atoms with Crippen LogP contribution >= 0.6 is 15.9 Å². The molecular weight excluding hydrogens is 290 g/mol. The number of rotatable bonds is 7. The number of ether oxygens (including phenoxy) is 1. The van der Waals surface area contributed by atoms with Crippen LogP contribution in [0.25, 0.3) is 0 Å². The van der Waals surface area contributed by atoms with Gasteiger partial charge in [-0.2, -0.15) is 0 Å². The molecule has 0 aromatic heterocycles. The average molecular weight is 312 g/mol. The van der Waals surface area contributed by atoms with Crippen LogP contribution in [-0.4, -0.2) is 18.7 Å². The third-order valence-electron chi connectivity index (χ3n) is 3.38. The van der Waals surface area contributed by atoms with Gasteiger partial charge in [-0.3, -0.25) is 0 Å². The third-order valence-corrected chi connectivity index (χ3v) is 3.91. The lowest BCUT2D eigenvalue weighted by Gasteiger charge is -2.23. The predicted octanol–water partition coefficient (Wildman–Crippen LogP) is 4.06. The van der Waals surface area contributed by atoms with E-state index in [1.54, 1.807) is 0 Å². The molecule has 1 saturated carbocycles. The Hall–Kier alpha value is -0.380. The molecule has 0 radical (unpaired) electrons. The first kappa shape index (κ1) is 14.0. The Kier molecular flexibility index (Phi) is 5.22. The number of benzene rings is 1. The van der Waals surface area contributed by atoms with Crippen LogP contribution in [-0.2, 0) is 4.74 Å². The van der Waals surface area contributed by atoms with E-state index in [0.717, 1.165) is 23.5 Å². The van der Waals surface area contributed by atoms with Gasteiger partial charge in [0.05, 0.1) is 12.2 Å². The maximum Gasteiger partial charge on any atom is 0.0952 e. The number of hydrogen-bond acceptors (Lipinski definition) is 2. The maximum atomic E-state index is 6.13. The molecule has 0 bridgehead atoms. The molecule has 0 saturated heterocycles. The Labute approximate surface area is 118 Å². The second-order valence-electron chi connectivity index (χ2n) is 5.08. The van der Waals surface area contributed by atoms with Crippen molar-refractivity contribution in [3.05, 3.63) is 34.3 Å². The highest BCUT2D eigenvalue weighted by Gasteiger charge is 2.23. The third kappa shape index (κ3) is 4.38. The van der Waals surface area contributed by atoms with E-state index in [4.69, 9.17) is 4.74 Å². The number of hydrogen-bond donors (Lipinski definition) is 1. The van der Waals surface area contributed by atoms with Crippen molar-refractivity contribution in [1.82, 2.24) is 5.32 Å². The van der Waals surface area contributed by atoms with E-state index in [-0.39, 0.29) is 6.10 Å². The molecule has 1 aliphatic carbocycles. The summed E-state index contributed by atoms with van der Waals surface area (Å²) < 4.78 is 7.24. The van der Waals surface area contributed by atoms with Gasteiger partial charge in [0.15, 0.2) is 0 Å². The molecule has 1 fully saturated rings. The van der Waals surface area contributed by atoms with Gasteiger partial charge in [-0.15, -0.1) is 0 Å². The van der Waals surface area contributed by atoms with Gasteiger partial charge < -0.3 is 10.1 Å². The van der Waals surface area contributed by atoms with Gasteiger partial charge in [0.2, 0.25) is 0 Å². The Morgan fingerprint density at radius 2 is 2.00 bits per heavy atom. The summed E-state index contributed by atoms with van der Waals surface area (Å²) in [5, 5.41) is 3.56. The molecule has 1 N–H and O–H groups in total. The second kappa shape index (κ2) is 6.69. The van der Waals surface area contributed by atoms with Gasteiger partial charge in [-0.05, 0) is 43.9 Å². The first-order valence-corrected chi connectivity index (χ1v) is 7.62. The van der Waals surface area contributed by atoms with E-state index in [1.807, 2.05) is 0 Å². The summed E-state index contributed by atoms with van der Waals surface area (Å²) in [7, 11) is 0. The van der Waals surface area contributed by atoms with Gasteiger partial charge in [-0.25, -0.2) is 0 Å². The minimum Gasteiger partial charge on any atom is -0.369 e. The largest absolute Gasteiger partial charge is 0.369 e. The zero-order valence-electron chi connectivity index (χ0n) is 11.2. The molecule has 0 heterocycles. The molecule has 3 heteroatoms. The lowest BCUT2D eigenvalue weighted by Crippen LogP contribution is -2.27. The quantitative estimate of drug-likeness (QED) is 0.820. The number of nitrogens with one attached hydrogen (secondary N) is 1. The van der Waals surface area contributed by atoms with Gasteiger partial charge in [0.1, 0.15) is 0 Å². The predicted molar refractivity (Wildman–Crippen MR) is 78.7 cm³/mol. The van der Waals surface area contributed by atoms with E-state index >= 15 is 0 Å². The van der Waals surface area contributed by atoms with E-state index < -0.39 is 0 Å². The fourth-order valence-electron chi connectivity index (χ4n) is 1.86. The zero-order valence-corrected chi connectivity index (χ0v) is 12.7. The van der Waals surface area contributed by atoms with Crippen LogP contribution in [0.15, 0.2) is 28.7 Å². The SMILES string of the molecule is CCC(C)OC(CNC1CC1)c1ccc(Br)cc1. The topological polar surface area (TPSA) is 21.3 Å². The fraction of sp³-hybridized carbons (Fsp3) is 0.600. The van der Waals surface area contributed by atoms with Crippen molar-refractivity contribution in [2.24, 2.45) is 0 Å². The zero-order chi connectivity index (χ0) is 13.0. The van der Waals surface area contributed by atoms with Crippen molar-refractivity contribution in [2.45, 2.75) is 51.4 Å². The Morgan fingerprint density at radius 3 is 2.56 bits per heavy atom. The van der Waals surface area contributed by atoms with E-state index in [2.05, 4.69) is 59.4 Å². The average Bonchev–Trinajstić information content (AvgIpc) is 3.19. The molecule has 2 atom stereocenters. The molecule has 18 heavy (non-hydrogen) atoms. The van der Waals surface area contributed by atoms with Crippen LogP contribution in [0.1, 0.15) is 44.8 Å². The summed E-state index contributed by atoms with van der Waals surface area (Å²) in [5.74, 6) is 0. The number of halogens is 1. The lowest BCUT2D eigenvalue weighted by molar-refractivity contribution is -0.00470. The molecule has 1 aromatic rings. The van der Waals surface area contributed by atoms with Gasteiger partial charge in [0, 0.05) is 17.1 Å². The van der Waals surface area contributed by atoms with Crippen LogP contribution in [0, 0.1) is 0 Å². The summed E-state index contributed by atoms with van der Waals surface area (Å²) in [6.45, 7) is 5.22.